The Morgan fingerprint density at radius 1 is 1.03 bits per heavy atom. The fourth-order valence-corrected chi connectivity index (χ4v) is 4.12. The number of alkyl halides is 5. The average molecular weight is 480 g/mol. The van der Waals surface area contributed by atoms with Crippen molar-refractivity contribution in [3.63, 3.8) is 0 Å². The van der Waals surface area contributed by atoms with Crippen molar-refractivity contribution in [3.8, 4) is 11.1 Å². The van der Waals surface area contributed by atoms with Gasteiger partial charge in [-0.05, 0) is 47.0 Å². The molecule has 1 aromatic heterocycles. The van der Waals surface area contributed by atoms with E-state index in [9.17, 15) is 36.2 Å². The highest BCUT2D eigenvalue weighted by Crippen LogP contribution is 2.54. The molecule has 1 fully saturated rings. The number of halogens is 6. The number of pyridine rings is 1. The van der Waals surface area contributed by atoms with Gasteiger partial charge in [-0.25, -0.2) is 13.2 Å². The number of amides is 1. The summed E-state index contributed by atoms with van der Waals surface area (Å²) in [5.74, 6) is -4.23. The van der Waals surface area contributed by atoms with Gasteiger partial charge in [-0.2, -0.15) is 13.2 Å². The van der Waals surface area contributed by atoms with Crippen LogP contribution in [0.2, 0.25) is 0 Å². The highest BCUT2D eigenvalue weighted by atomic mass is 19.4. The Balaban J connectivity index is 1.64. The zero-order valence-corrected chi connectivity index (χ0v) is 17.5. The summed E-state index contributed by atoms with van der Waals surface area (Å²) >= 11 is 0. The summed E-state index contributed by atoms with van der Waals surface area (Å²) in [5, 5.41) is 12.1. The topological polar surface area (TPSA) is 62.2 Å². The van der Waals surface area contributed by atoms with Gasteiger partial charge in [-0.15, -0.1) is 0 Å². The van der Waals surface area contributed by atoms with Crippen LogP contribution < -0.4 is 5.32 Å². The number of rotatable bonds is 5. The van der Waals surface area contributed by atoms with Crippen molar-refractivity contribution >= 4 is 11.6 Å². The number of aromatic nitrogens is 1. The molecule has 0 unspecified atom stereocenters. The second-order valence-electron chi connectivity index (χ2n) is 8.21. The summed E-state index contributed by atoms with van der Waals surface area (Å²) in [6.45, 7) is -0.668. The van der Waals surface area contributed by atoms with Gasteiger partial charge < -0.3 is 10.4 Å². The lowest BCUT2D eigenvalue weighted by molar-refractivity contribution is -0.154. The van der Waals surface area contributed by atoms with Crippen LogP contribution in [0.15, 0.2) is 60.8 Å². The molecule has 1 heterocycles. The molecule has 178 valence electrons. The van der Waals surface area contributed by atoms with Gasteiger partial charge in [0.25, 0.3) is 5.92 Å². The summed E-state index contributed by atoms with van der Waals surface area (Å²) < 4.78 is 79.7. The number of nitrogens with zero attached hydrogens (tertiary/aromatic N) is 1. The maximum atomic E-state index is 13.9. The first kappa shape index (κ1) is 23.7. The normalized spacial score (nSPS) is 16.6. The number of benzene rings is 2. The van der Waals surface area contributed by atoms with Crippen LogP contribution in [-0.2, 0) is 23.0 Å². The minimum Gasteiger partial charge on any atom is -0.392 e. The van der Waals surface area contributed by atoms with E-state index in [4.69, 9.17) is 0 Å². The van der Waals surface area contributed by atoms with Crippen molar-refractivity contribution in [2.24, 2.45) is 0 Å². The maximum absolute atomic E-state index is 13.9. The van der Waals surface area contributed by atoms with E-state index in [1.807, 2.05) is 0 Å². The highest BCUT2D eigenvalue weighted by molar-refractivity contribution is 6.00. The lowest BCUT2D eigenvalue weighted by Gasteiger charge is -2.46. The average Bonchev–Trinajstić information content (AvgIpc) is 2.77. The second kappa shape index (κ2) is 8.43. The molecule has 1 saturated carbocycles. The minimum absolute atomic E-state index is 0.00554. The summed E-state index contributed by atoms with van der Waals surface area (Å²) in [6, 6.07) is 11.5. The molecule has 0 radical (unpaired) electrons. The number of nitrogens with one attached hydrogen (secondary N) is 1. The second-order valence-corrected chi connectivity index (χ2v) is 8.21. The number of anilines is 1. The van der Waals surface area contributed by atoms with Crippen molar-refractivity contribution in [3.05, 3.63) is 83.4 Å². The first-order chi connectivity index (χ1) is 15.9. The van der Waals surface area contributed by atoms with Crippen LogP contribution >= 0.6 is 0 Å². The Hall–Kier alpha value is -3.40. The number of carbonyl (C=O) groups excluding carboxylic acids is 1. The van der Waals surface area contributed by atoms with Crippen molar-refractivity contribution in [1.29, 1.82) is 0 Å². The number of hydrogen-bond donors (Lipinski definition) is 2. The molecular formula is C24H18F6N2O2. The van der Waals surface area contributed by atoms with Crippen LogP contribution in [0.3, 0.4) is 0 Å². The molecule has 0 atom stereocenters. The minimum atomic E-state index is -4.67. The van der Waals surface area contributed by atoms with Gasteiger partial charge in [0.1, 0.15) is 11.5 Å². The molecule has 1 amide bonds. The monoisotopic (exact) mass is 480 g/mol. The Labute approximate surface area is 190 Å². The summed E-state index contributed by atoms with van der Waals surface area (Å²) in [6.07, 6.45) is -5.14. The zero-order chi connectivity index (χ0) is 24.7. The van der Waals surface area contributed by atoms with Crippen LogP contribution in [0.5, 0.6) is 0 Å². The Morgan fingerprint density at radius 2 is 1.65 bits per heavy atom. The van der Waals surface area contributed by atoms with E-state index >= 15 is 0 Å². The number of aliphatic hydroxyl groups is 1. The van der Waals surface area contributed by atoms with Crippen molar-refractivity contribution in [2.75, 3.05) is 5.32 Å². The van der Waals surface area contributed by atoms with Crippen LogP contribution in [0.25, 0.3) is 11.1 Å². The van der Waals surface area contributed by atoms with E-state index in [0.29, 0.717) is 11.1 Å². The maximum Gasteiger partial charge on any atom is 0.433 e. The molecule has 0 saturated heterocycles. The Kier molecular flexibility index (Phi) is 5.89. The van der Waals surface area contributed by atoms with Gasteiger partial charge in [0, 0.05) is 30.3 Å². The lowest BCUT2D eigenvalue weighted by atomic mass is 9.61. The fraction of sp³-hybridized carbons (Fsp3) is 0.250. The molecule has 4 nitrogen and oxygen atoms in total. The SMILES string of the molecule is O=C(Nc1ccc(F)cc1)C1(c2ccc(-c3cnc(C(F)(F)F)cc3CO)cc2)CC(F)(F)C1. The van der Waals surface area contributed by atoms with Gasteiger partial charge in [-0.3, -0.25) is 9.78 Å². The van der Waals surface area contributed by atoms with Crippen molar-refractivity contribution < 1.29 is 36.2 Å². The lowest BCUT2D eigenvalue weighted by Crippen LogP contribution is -2.56. The third-order valence-corrected chi connectivity index (χ3v) is 5.86. The quantitative estimate of drug-likeness (QED) is 0.461. The number of aliphatic hydroxyl groups excluding tert-OH is 1. The molecule has 2 aromatic carbocycles. The molecule has 1 aliphatic carbocycles. The summed E-state index contributed by atoms with van der Waals surface area (Å²) in [7, 11) is 0. The van der Waals surface area contributed by atoms with Gasteiger partial charge in [0.15, 0.2) is 0 Å². The zero-order valence-electron chi connectivity index (χ0n) is 17.5. The first-order valence-electron chi connectivity index (χ1n) is 10.2. The smallest absolute Gasteiger partial charge is 0.392 e. The number of hydrogen-bond acceptors (Lipinski definition) is 3. The molecular weight excluding hydrogens is 462 g/mol. The predicted octanol–water partition coefficient (Wildman–Crippen LogP) is 5.70. The standard InChI is InChI=1S/C24H18F6N2O2/c25-17-5-7-18(8-6-17)32-21(34)22(12-23(26,27)13-22)16-3-1-14(2-4-16)19-10-31-20(24(28,29)30)9-15(19)11-33/h1-10,33H,11-13H2,(H,32,34). The van der Waals surface area contributed by atoms with E-state index in [0.717, 1.165) is 24.4 Å². The van der Waals surface area contributed by atoms with Gasteiger partial charge in [-0.1, -0.05) is 24.3 Å². The predicted molar refractivity (Wildman–Crippen MR) is 111 cm³/mol. The van der Waals surface area contributed by atoms with Gasteiger partial charge in [0.2, 0.25) is 5.91 Å². The van der Waals surface area contributed by atoms with E-state index in [1.54, 1.807) is 0 Å². The fourth-order valence-electron chi connectivity index (χ4n) is 4.12. The Morgan fingerprint density at radius 3 is 2.18 bits per heavy atom. The van der Waals surface area contributed by atoms with Crippen molar-refractivity contribution in [2.45, 2.75) is 37.0 Å². The third kappa shape index (κ3) is 4.50. The van der Waals surface area contributed by atoms with E-state index in [-0.39, 0.29) is 16.8 Å². The van der Waals surface area contributed by atoms with E-state index in [2.05, 4.69) is 10.3 Å². The molecule has 0 aliphatic heterocycles. The van der Waals surface area contributed by atoms with Crippen LogP contribution in [-0.4, -0.2) is 21.9 Å². The van der Waals surface area contributed by atoms with Crippen LogP contribution in [0.1, 0.15) is 29.7 Å². The molecule has 2 N–H and O–H groups in total. The van der Waals surface area contributed by atoms with Gasteiger partial charge >= 0.3 is 6.18 Å². The molecule has 3 aromatic rings. The van der Waals surface area contributed by atoms with E-state index < -0.39 is 54.4 Å². The molecule has 1 aliphatic rings. The van der Waals surface area contributed by atoms with Crippen LogP contribution in [0.4, 0.5) is 32.0 Å². The molecule has 4 rings (SSSR count). The largest absolute Gasteiger partial charge is 0.433 e. The van der Waals surface area contributed by atoms with Crippen molar-refractivity contribution in [1.82, 2.24) is 4.98 Å². The molecule has 10 heteroatoms. The van der Waals surface area contributed by atoms with E-state index in [1.165, 1.54) is 36.4 Å². The summed E-state index contributed by atoms with van der Waals surface area (Å²) in [5.41, 5.74) is -1.50. The highest BCUT2D eigenvalue weighted by Gasteiger charge is 2.61. The molecule has 0 bridgehead atoms. The number of carbonyl (C=O) groups is 1. The first-order valence-corrected chi connectivity index (χ1v) is 10.2. The van der Waals surface area contributed by atoms with Gasteiger partial charge in [0.05, 0.1) is 12.0 Å². The third-order valence-electron chi connectivity index (χ3n) is 5.86. The Bertz CT molecular complexity index is 1200. The van der Waals surface area contributed by atoms with Crippen LogP contribution in [0, 0.1) is 5.82 Å². The molecule has 0 spiro atoms. The molecule has 34 heavy (non-hydrogen) atoms. The summed E-state index contributed by atoms with van der Waals surface area (Å²) in [4.78, 5) is 16.4.